The van der Waals surface area contributed by atoms with Crippen LogP contribution < -0.4 is 5.32 Å². The number of aromatic carboxylic acids is 1. The predicted molar refractivity (Wildman–Crippen MR) is 65.2 cm³/mol. The molecule has 1 aromatic carbocycles. The number of hydrogen-bond acceptors (Lipinski definition) is 3. The number of amides is 2. The molecular weight excluding hydrogens is 253 g/mol. The van der Waals surface area contributed by atoms with Crippen LogP contribution in [0.3, 0.4) is 0 Å². The van der Waals surface area contributed by atoms with Crippen LogP contribution in [0.5, 0.6) is 0 Å². The van der Waals surface area contributed by atoms with Gasteiger partial charge in [-0.15, -0.1) is 0 Å². The van der Waals surface area contributed by atoms with Gasteiger partial charge in [-0.1, -0.05) is 0 Å². The molecule has 0 aliphatic heterocycles. The van der Waals surface area contributed by atoms with Gasteiger partial charge in [0, 0.05) is 19.3 Å². The van der Waals surface area contributed by atoms with Crippen molar-refractivity contribution in [2.24, 2.45) is 0 Å². The van der Waals surface area contributed by atoms with Gasteiger partial charge in [0.25, 0.3) is 0 Å². The van der Waals surface area contributed by atoms with Crippen molar-refractivity contribution in [1.82, 2.24) is 4.90 Å². The van der Waals surface area contributed by atoms with E-state index in [4.69, 9.17) is 10.4 Å². The lowest BCUT2D eigenvalue weighted by Crippen LogP contribution is -2.32. The third-order valence-corrected chi connectivity index (χ3v) is 2.36. The molecule has 0 saturated heterocycles. The first-order valence-corrected chi connectivity index (χ1v) is 5.37. The lowest BCUT2D eigenvalue weighted by atomic mass is 10.2. The number of urea groups is 1. The number of carboxylic acid groups (broad SMARTS) is 1. The minimum atomic E-state index is -1.37. The monoisotopic (exact) mass is 265 g/mol. The fourth-order valence-corrected chi connectivity index (χ4v) is 1.30. The predicted octanol–water partition coefficient (Wildman–Crippen LogP) is 1.90. The molecule has 6 nitrogen and oxygen atoms in total. The van der Waals surface area contributed by atoms with Gasteiger partial charge in [-0.05, 0) is 18.2 Å². The summed E-state index contributed by atoms with van der Waals surface area (Å²) in [6, 6.07) is 4.69. The van der Waals surface area contributed by atoms with E-state index in [1.165, 1.54) is 18.0 Å². The van der Waals surface area contributed by atoms with Crippen LogP contribution in [-0.4, -0.2) is 35.6 Å². The summed E-state index contributed by atoms with van der Waals surface area (Å²) in [5, 5.41) is 19.5. The zero-order chi connectivity index (χ0) is 14.4. The molecule has 0 radical (unpaired) electrons. The number of carbonyl (C=O) groups excluding carboxylic acids is 1. The first-order valence-electron chi connectivity index (χ1n) is 5.37. The normalized spacial score (nSPS) is 9.53. The molecule has 7 heteroatoms. The Hall–Kier alpha value is -2.62. The second kappa shape index (κ2) is 6.35. The van der Waals surface area contributed by atoms with Gasteiger partial charge in [-0.25, -0.2) is 14.0 Å². The fourth-order valence-electron chi connectivity index (χ4n) is 1.30. The fraction of sp³-hybridized carbons (Fsp3) is 0.250. The number of nitriles is 1. The quantitative estimate of drug-likeness (QED) is 0.869. The van der Waals surface area contributed by atoms with Crippen LogP contribution in [0.2, 0.25) is 0 Å². The number of halogens is 1. The summed E-state index contributed by atoms with van der Waals surface area (Å²) < 4.78 is 13.4. The Labute approximate surface area is 109 Å². The van der Waals surface area contributed by atoms with E-state index in [1.54, 1.807) is 0 Å². The van der Waals surface area contributed by atoms with Gasteiger partial charge in [0.05, 0.1) is 18.1 Å². The third kappa shape index (κ3) is 3.96. The van der Waals surface area contributed by atoms with E-state index in [2.05, 4.69) is 5.32 Å². The Bertz CT molecular complexity index is 540. The summed E-state index contributed by atoms with van der Waals surface area (Å²) in [6.07, 6.45) is 0.191. The molecule has 2 N–H and O–H groups in total. The molecule has 2 amide bonds. The van der Waals surface area contributed by atoms with Gasteiger partial charge < -0.3 is 15.3 Å². The van der Waals surface area contributed by atoms with E-state index in [1.807, 2.05) is 6.07 Å². The number of anilines is 1. The summed E-state index contributed by atoms with van der Waals surface area (Å²) in [4.78, 5) is 23.5. The van der Waals surface area contributed by atoms with E-state index < -0.39 is 23.4 Å². The van der Waals surface area contributed by atoms with E-state index >= 15 is 0 Å². The summed E-state index contributed by atoms with van der Waals surface area (Å²) in [5.41, 5.74) is -0.313. The lowest BCUT2D eigenvalue weighted by Gasteiger charge is -2.16. The summed E-state index contributed by atoms with van der Waals surface area (Å²) in [6.45, 7) is 0.248. The molecule has 100 valence electrons. The van der Waals surface area contributed by atoms with Crippen molar-refractivity contribution in [1.29, 1.82) is 5.26 Å². The first kappa shape index (κ1) is 14.4. The number of nitrogens with one attached hydrogen (secondary N) is 1. The van der Waals surface area contributed by atoms with Gasteiger partial charge >= 0.3 is 12.0 Å². The Balaban J connectivity index is 2.73. The highest BCUT2D eigenvalue weighted by molar-refractivity contribution is 5.91. The van der Waals surface area contributed by atoms with Gasteiger partial charge in [-0.3, -0.25) is 0 Å². The van der Waals surface area contributed by atoms with Crippen molar-refractivity contribution in [3.63, 3.8) is 0 Å². The second-order valence-electron chi connectivity index (χ2n) is 3.76. The maximum atomic E-state index is 13.4. The molecule has 0 aromatic heterocycles. The molecule has 1 rings (SSSR count). The molecule has 1 aromatic rings. The lowest BCUT2D eigenvalue weighted by molar-refractivity contribution is 0.0692. The molecule has 0 spiro atoms. The summed E-state index contributed by atoms with van der Waals surface area (Å²) in [5.74, 6) is -2.30. The van der Waals surface area contributed by atoms with Gasteiger partial charge in [0.2, 0.25) is 0 Å². The zero-order valence-electron chi connectivity index (χ0n) is 10.2. The van der Waals surface area contributed by atoms with Crippen LogP contribution in [0.25, 0.3) is 0 Å². The Morgan fingerprint density at radius 3 is 2.74 bits per heavy atom. The molecule has 0 bridgehead atoms. The number of carbonyl (C=O) groups is 2. The van der Waals surface area contributed by atoms with E-state index in [0.717, 1.165) is 12.1 Å². The molecular formula is C12H12FN3O3. The topological polar surface area (TPSA) is 93.4 Å². The second-order valence-corrected chi connectivity index (χ2v) is 3.76. The maximum absolute atomic E-state index is 13.4. The van der Waals surface area contributed by atoms with Crippen LogP contribution in [0.15, 0.2) is 18.2 Å². The minimum Gasteiger partial charge on any atom is -0.478 e. The van der Waals surface area contributed by atoms with Crippen LogP contribution in [0.1, 0.15) is 16.8 Å². The Morgan fingerprint density at radius 2 is 2.21 bits per heavy atom. The van der Waals surface area contributed by atoms with Crippen molar-refractivity contribution in [3.8, 4) is 6.07 Å². The van der Waals surface area contributed by atoms with Crippen LogP contribution in [0, 0.1) is 17.1 Å². The summed E-state index contributed by atoms with van der Waals surface area (Å²) in [7, 11) is 1.49. The average Bonchev–Trinajstić information content (AvgIpc) is 2.35. The molecule has 19 heavy (non-hydrogen) atoms. The van der Waals surface area contributed by atoms with E-state index in [-0.39, 0.29) is 18.7 Å². The zero-order valence-corrected chi connectivity index (χ0v) is 10.2. The number of rotatable bonds is 4. The molecule has 0 heterocycles. The SMILES string of the molecule is CN(CCC#N)C(=O)Nc1ccc(C(=O)O)c(F)c1. The minimum absolute atomic E-state index is 0.149. The number of carboxylic acids is 1. The smallest absolute Gasteiger partial charge is 0.338 e. The van der Waals surface area contributed by atoms with E-state index in [9.17, 15) is 14.0 Å². The van der Waals surface area contributed by atoms with Crippen LogP contribution in [0.4, 0.5) is 14.9 Å². The highest BCUT2D eigenvalue weighted by atomic mass is 19.1. The molecule has 0 atom stereocenters. The largest absolute Gasteiger partial charge is 0.478 e. The van der Waals surface area contributed by atoms with Crippen molar-refractivity contribution in [2.75, 3.05) is 18.9 Å². The van der Waals surface area contributed by atoms with Crippen molar-refractivity contribution in [3.05, 3.63) is 29.6 Å². The highest BCUT2D eigenvalue weighted by Gasteiger charge is 2.13. The first-order chi connectivity index (χ1) is 8.95. The number of hydrogen-bond donors (Lipinski definition) is 2. The van der Waals surface area contributed by atoms with Gasteiger partial charge in [0.15, 0.2) is 0 Å². The Kier molecular flexibility index (Phi) is 4.83. The average molecular weight is 265 g/mol. The molecule has 0 saturated carbocycles. The van der Waals surface area contributed by atoms with Gasteiger partial charge in [-0.2, -0.15) is 5.26 Å². The van der Waals surface area contributed by atoms with Crippen molar-refractivity contribution >= 4 is 17.7 Å². The number of benzene rings is 1. The molecule has 0 unspecified atom stereocenters. The third-order valence-electron chi connectivity index (χ3n) is 2.36. The Morgan fingerprint density at radius 1 is 1.53 bits per heavy atom. The highest BCUT2D eigenvalue weighted by Crippen LogP contribution is 2.15. The van der Waals surface area contributed by atoms with Gasteiger partial charge in [0.1, 0.15) is 5.82 Å². The van der Waals surface area contributed by atoms with Crippen LogP contribution in [-0.2, 0) is 0 Å². The van der Waals surface area contributed by atoms with Crippen molar-refractivity contribution < 1.29 is 19.1 Å². The van der Waals surface area contributed by atoms with Crippen LogP contribution >= 0.6 is 0 Å². The maximum Gasteiger partial charge on any atom is 0.338 e. The van der Waals surface area contributed by atoms with Crippen molar-refractivity contribution in [2.45, 2.75) is 6.42 Å². The molecule has 0 aliphatic carbocycles. The standard InChI is InChI=1S/C12H12FN3O3/c1-16(6-2-5-14)12(19)15-8-3-4-9(11(17)18)10(13)7-8/h3-4,7H,2,6H2,1H3,(H,15,19)(H,17,18). The van der Waals surface area contributed by atoms with E-state index in [0.29, 0.717) is 0 Å². The number of nitrogens with zero attached hydrogens (tertiary/aromatic N) is 2. The summed E-state index contributed by atoms with van der Waals surface area (Å²) >= 11 is 0. The molecule has 0 aliphatic rings. The molecule has 0 fully saturated rings.